The van der Waals surface area contributed by atoms with E-state index < -0.39 is 0 Å². The maximum Gasteiger partial charge on any atom is 0.135 e. The first-order valence-electron chi connectivity index (χ1n) is 7.94. The van der Waals surface area contributed by atoms with Gasteiger partial charge in [0.15, 0.2) is 0 Å². The van der Waals surface area contributed by atoms with Crippen LogP contribution in [-0.2, 0) is 6.42 Å². The first kappa shape index (κ1) is 15.1. The second kappa shape index (κ2) is 6.42. The van der Waals surface area contributed by atoms with E-state index in [0.717, 1.165) is 41.9 Å². The van der Waals surface area contributed by atoms with E-state index in [0.29, 0.717) is 12.0 Å². The van der Waals surface area contributed by atoms with Crippen LogP contribution in [0, 0.1) is 18.8 Å². The number of anilines is 2. The van der Waals surface area contributed by atoms with Gasteiger partial charge in [-0.25, -0.2) is 9.97 Å². The summed E-state index contributed by atoms with van der Waals surface area (Å²) in [5.74, 6) is 4.40. The molecule has 1 aliphatic carbocycles. The van der Waals surface area contributed by atoms with Crippen LogP contribution in [0.3, 0.4) is 0 Å². The van der Waals surface area contributed by atoms with E-state index in [1.807, 2.05) is 0 Å². The molecule has 2 N–H and O–H groups in total. The quantitative estimate of drug-likeness (QED) is 0.862. The molecule has 0 aliphatic heterocycles. The van der Waals surface area contributed by atoms with Crippen molar-refractivity contribution in [2.45, 2.75) is 59.9 Å². The summed E-state index contributed by atoms with van der Waals surface area (Å²) in [5, 5.41) is 7.02. The molecule has 1 aromatic rings. The minimum absolute atomic E-state index is 0.540. The Morgan fingerprint density at radius 1 is 1.10 bits per heavy atom. The Hall–Kier alpha value is -1.32. The fourth-order valence-electron chi connectivity index (χ4n) is 2.95. The van der Waals surface area contributed by atoms with E-state index in [2.05, 4.69) is 50.2 Å². The van der Waals surface area contributed by atoms with E-state index in [-0.39, 0.29) is 0 Å². The van der Waals surface area contributed by atoms with Gasteiger partial charge in [0.05, 0.1) is 0 Å². The van der Waals surface area contributed by atoms with Gasteiger partial charge in [-0.1, -0.05) is 20.8 Å². The van der Waals surface area contributed by atoms with Gasteiger partial charge in [-0.3, -0.25) is 0 Å². The first-order valence-corrected chi connectivity index (χ1v) is 7.94. The summed E-state index contributed by atoms with van der Waals surface area (Å²) in [6, 6.07) is 0.540. The molecule has 0 saturated heterocycles. The highest BCUT2D eigenvalue weighted by Crippen LogP contribution is 2.34. The Morgan fingerprint density at radius 2 is 1.80 bits per heavy atom. The highest BCUT2D eigenvalue weighted by Gasteiger charge is 2.30. The average molecular weight is 276 g/mol. The molecule has 0 radical (unpaired) electrons. The molecule has 4 heteroatoms. The summed E-state index contributed by atoms with van der Waals surface area (Å²) >= 11 is 0. The van der Waals surface area contributed by atoms with Gasteiger partial charge in [0.25, 0.3) is 0 Å². The Kier molecular flexibility index (Phi) is 4.84. The average Bonchev–Trinajstić information content (AvgIpc) is 2.75. The number of hydrogen-bond donors (Lipinski definition) is 2. The number of nitrogens with zero attached hydrogens (tertiary/aromatic N) is 2. The molecule has 0 spiro atoms. The van der Waals surface area contributed by atoms with Crippen molar-refractivity contribution in [3.05, 3.63) is 11.4 Å². The van der Waals surface area contributed by atoms with Gasteiger partial charge in [-0.15, -0.1) is 0 Å². The van der Waals surface area contributed by atoms with Gasteiger partial charge in [0.1, 0.15) is 17.5 Å². The standard InChI is InChI=1S/C16H28N4/c1-6-14-19-15(17-7-2)12(5)16(20-14)18-13-9-8-10(3)11(13)4/h10-11,13H,6-9H2,1-5H3,(H2,17,18,19,20). The van der Waals surface area contributed by atoms with Gasteiger partial charge < -0.3 is 10.6 Å². The van der Waals surface area contributed by atoms with Crippen molar-refractivity contribution in [3.63, 3.8) is 0 Å². The van der Waals surface area contributed by atoms with Gasteiger partial charge >= 0.3 is 0 Å². The molecular formula is C16H28N4. The van der Waals surface area contributed by atoms with Crippen LogP contribution in [0.4, 0.5) is 11.6 Å². The molecule has 1 saturated carbocycles. The topological polar surface area (TPSA) is 49.8 Å². The summed E-state index contributed by atoms with van der Waals surface area (Å²) in [7, 11) is 0. The first-order chi connectivity index (χ1) is 9.56. The van der Waals surface area contributed by atoms with Gasteiger partial charge in [-0.05, 0) is 38.5 Å². The minimum Gasteiger partial charge on any atom is -0.370 e. The molecule has 0 bridgehead atoms. The summed E-state index contributed by atoms with van der Waals surface area (Å²) in [6.45, 7) is 11.9. The Balaban J connectivity index is 2.24. The number of nitrogens with one attached hydrogen (secondary N) is 2. The number of aromatic nitrogens is 2. The van der Waals surface area contributed by atoms with Crippen molar-refractivity contribution in [1.29, 1.82) is 0 Å². The maximum absolute atomic E-state index is 4.69. The van der Waals surface area contributed by atoms with Crippen LogP contribution in [-0.4, -0.2) is 22.6 Å². The van der Waals surface area contributed by atoms with Crippen LogP contribution in [0.25, 0.3) is 0 Å². The second-order valence-corrected chi connectivity index (χ2v) is 6.01. The van der Waals surface area contributed by atoms with E-state index in [1.54, 1.807) is 0 Å². The molecule has 112 valence electrons. The van der Waals surface area contributed by atoms with E-state index >= 15 is 0 Å². The maximum atomic E-state index is 4.69. The summed E-state index contributed by atoms with van der Waals surface area (Å²) < 4.78 is 0. The predicted octanol–water partition coefficient (Wildman–Crippen LogP) is 3.63. The van der Waals surface area contributed by atoms with Crippen molar-refractivity contribution in [2.24, 2.45) is 11.8 Å². The third-order valence-electron chi connectivity index (χ3n) is 4.64. The van der Waals surface area contributed by atoms with Crippen LogP contribution in [0.15, 0.2) is 0 Å². The number of rotatable bonds is 5. The van der Waals surface area contributed by atoms with Crippen molar-refractivity contribution >= 4 is 11.6 Å². The van der Waals surface area contributed by atoms with E-state index in [1.165, 1.54) is 12.8 Å². The van der Waals surface area contributed by atoms with Gasteiger partial charge in [0.2, 0.25) is 0 Å². The summed E-state index contributed by atoms with van der Waals surface area (Å²) in [6.07, 6.45) is 3.41. The smallest absolute Gasteiger partial charge is 0.135 e. The molecule has 4 nitrogen and oxygen atoms in total. The van der Waals surface area contributed by atoms with E-state index in [9.17, 15) is 0 Å². The Morgan fingerprint density at radius 3 is 2.35 bits per heavy atom. The van der Waals surface area contributed by atoms with Crippen LogP contribution in [0.2, 0.25) is 0 Å². The van der Waals surface area contributed by atoms with Crippen molar-refractivity contribution in [1.82, 2.24) is 9.97 Å². The molecule has 1 aromatic heterocycles. The van der Waals surface area contributed by atoms with Crippen LogP contribution >= 0.6 is 0 Å². The summed E-state index contributed by atoms with van der Waals surface area (Å²) in [4.78, 5) is 9.28. The molecule has 1 fully saturated rings. The Bertz CT molecular complexity index is 458. The molecule has 0 amide bonds. The molecule has 1 aliphatic rings. The molecule has 20 heavy (non-hydrogen) atoms. The second-order valence-electron chi connectivity index (χ2n) is 6.01. The fraction of sp³-hybridized carbons (Fsp3) is 0.750. The zero-order valence-electron chi connectivity index (χ0n) is 13.5. The molecule has 1 heterocycles. The van der Waals surface area contributed by atoms with Crippen molar-refractivity contribution in [3.8, 4) is 0 Å². The fourth-order valence-corrected chi connectivity index (χ4v) is 2.95. The van der Waals surface area contributed by atoms with Crippen LogP contribution < -0.4 is 10.6 Å². The molecule has 3 unspecified atom stereocenters. The number of hydrogen-bond acceptors (Lipinski definition) is 4. The lowest BCUT2D eigenvalue weighted by Crippen LogP contribution is -2.25. The van der Waals surface area contributed by atoms with E-state index in [4.69, 9.17) is 4.98 Å². The lowest BCUT2D eigenvalue weighted by atomic mass is 9.98. The largest absolute Gasteiger partial charge is 0.370 e. The predicted molar refractivity (Wildman–Crippen MR) is 85.3 cm³/mol. The lowest BCUT2D eigenvalue weighted by molar-refractivity contribution is 0.435. The Labute approximate surface area is 122 Å². The lowest BCUT2D eigenvalue weighted by Gasteiger charge is -2.22. The SMILES string of the molecule is CCNc1nc(CC)nc(NC2CCC(C)C2C)c1C. The van der Waals surface area contributed by atoms with Crippen LogP contribution in [0.1, 0.15) is 51.9 Å². The monoisotopic (exact) mass is 276 g/mol. The normalized spacial score (nSPS) is 25.8. The van der Waals surface area contributed by atoms with Gasteiger partial charge in [-0.2, -0.15) is 0 Å². The van der Waals surface area contributed by atoms with Gasteiger partial charge in [0, 0.05) is 24.6 Å². The zero-order valence-corrected chi connectivity index (χ0v) is 13.5. The van der Waals surface area contributed by atoms with Crippen molar-refractivity contribution in [2.75, 3.05) is 17.2 Å². The van der Waals surface area contributed by atoms with Crippen molar-refractivity contribution < 1.29 is 0 Å². The highest BCUT2D eigenvalue weighted by atomic mass is 15.1. The molecular weight excluding hydrogens is 248 g/mol. The molecule has 3 atom stereocenters. The van der Waals surface area contributed by atoms with Crippen LogP contribution in [0.5, 0.6) is 0 Å². The zero-order chi connectivity index (χ0) is 14.7. The highest BCUT2D eigenvalue weighted by molar-refractivity contribution is 5.57. The third kappa shape index (κ3) is 3.05. The minimum atomic E-state index is 0.540. The third-order valence-corrected chi connectivity index (χ3v) is 4.64. The molecule has 0 aromatic carbocycles. The summed E-state index contributed by atoms with van der Waals surface area (Å²) in [5.41, 5.74) is 1.14. The number of aryl methyl sites for hydroxylation is 1. The molecule has 2 rings (SSSR count).